The average molecular weight is 499 g/mol. The van der Waals surface area contributed by atoms with Crippen molar-refractivity contribution in [2.45, 2.75) is 24.9 Å². The third kappa shape index (κ3) is 5.03. The van der Waals surface area contributed by atoms with Crippen LogP contribution < -0.4 is 10.0 Å². The van der Waals surface area contributed by atoms with Crippen molar-refractivity contribution in [3.63, 3.8) is 0 Å². The summed E-state index contributed by atoms with van der Waals surface area (Å²) < 4.78 is 56.4. The summed E-state index contributed by atoms with van der Waals surface area (Å²) in [6.07, 6.45) is 0. The number of likely N-dealkylation sites (tertiary alicyclic amines) is 1. The second-order valence-electron chi connectivity index (χ2n) is 7.77. The number of hydrogen-bond donors (Lipinski definition) is 2. The minimum Gasteiger partial charge on any atom is -0.380 e. The van der Waals surface area contributed by atoms with Gasteiger partial charge in [-0.2, -0.15) is 0 Å². The van der Waals surface area contributed by atoms with Gasteiger partial charge in [-0.25, -0.2) is 22.2 Å². The molecule has 2 N–H and O–H groups in total. The number of benzene rings is 2. The molecule has 1 aliphatic heterocycles. The van der Waals surface area contributed by atoms with Crippen LogP contribution >= 0.6 is 22.9 Å². The van der Waals surface area contributed by atoms with E-state index in [4.69, 9.17) is 11.6 Å². The maximum Gasteiger partial charge on any atom is 0.266 e. The van der Waals surface area contributed by atoms with Crippen LogP contribution in [-0.2, 0) is 23.1 Å². The first-order valence-electron chi connectivity index (χ1n) is 9.85. The Balaban J connectivity index is 1.52. The molecule has 1 aromatic heterocycles. The summed E-state index contributed by atoms with van der Waals surface area (Å²) in [7, 11) is -4.21. The molecular formula is C21H21ClF2N4O2S2. The SMILES string of the molecule is CC1CN(Cc2cccc(F)c2CNc2cc(F)c(S(=O)(=O)Nc3cscn3)cc2Cl)C1. The van der Waals surface area contributed by atoms with E-state index in [0.29, 0.717) is 18.0 Å². The second-order valence-corrected chi connectivity index (χ2v) is 10.5. The fourth-order valence-corrected chi connectivity index (χ4v) is 5.60. The highest BCUT2D eigenvalue weighted by Gasteiger charge is 2.24. The summed E-state index contributed by atoms with van der Waals surface area (Å²) in [4.78, 5) is 5.46. The van der Waals surface area contributed by atoms with Crippen molar-refractivity contribution in [2.75, 3.05) is 23.1 Å². The Hall–Kier alpha value is -2.27. The molecule has 2 heterocycles. The van der Waals surface area contributed by atoms with Crippen LogP contribution in [0.1, 0.15) is 18.1 Å². The van der Waals surface area contributed by atoms with Gasteiger partial charge in [-0.05, 0) is 29.7 Å². The molecule has 1 aliphatic rings. The van der Waals surface area contributed by atoms with Gasteiger partial charge in [0, 0.05) is 37.1 Å². The molecular weight excluding hydrogens is 478 g/mol. The van der Waals surface area contributed by atoms with E-state index in [1.54, 1.807) is 6.07 Å². The van der Waals surface area contributed by atoms with E-state index in [9.17, 15) is 17.2 Å². The molecule has 0 unspecified atom stereocenters. The monoisotopic (exact) mass is 498 g/mol. The fourth-order valence-electron chi connectivity index (χ4n) is 3.66. The van der Waals surface area contributed by atoms with Crippen LogP contribution in [-0.4, -0.2) is 31.4 Å². The molecule has 4 rings (SSSR count). The molecule has 3 aromatic rings. The van der Waals surface area contributed by atoms with Gasteiger partial charge in [0.15, 0.2) is 5.82 Å². The topological polar surface area (TPSA) is 74.3 Å². The van der Waals surface area contributed by atoms with Crippen LogP contribution in [0.25, 0.3) is 0 Å². The lowest BCUT2D eigenvalue weighted by molar-refractivity contribution is 0.104. The van der Waals surface area contributed by atoms with E-state index < -0.39 is 20.7 Å². The van der Waals surface area contributed by atoms with Gasteiger partial charge >= 0.3 is 0 Å². The summed E-state index contributed by atoms with van der Waals surface area (Å²) >= 11 is 7.43. The normalized spacial score (nSPS) is 14.9. The predicted molar refractivity (Wildman–Crippen MR) is 123 cm³/mol. The first kappa shape index (κ1) is 22.9. The van der Waals surface area contributed by atoms with Gasteiger partial charge in [-0.15, -0.1) is 11.3 Å². The standard InChI is InChI=1S/C21H21ClF2N4O2S2/c1-13-8-28(9-13)10-14-3-2-4-17(23)15(14)7-25-19-6-18(24)20(5-16(19)22)32(29,30)27-21-11-31-12-26-21/h2-6,11-13,25,27H,7-10H2,1H3. The van der Waals surface area contributed by atoms with Gasteiger partial charge in [0.05, 0.1) is 16.2 Å². The first-order valence-corrected chi connectivity index (χ1v) is 12.7. The largest absolute Gasteiger partial charge is 0.380 e. The number of nitrogens with one attached hydrogen (secondary N) is 2. The van der Waals surface area contributed by atoms with E-state index in [1.165, 1.54) is 28.3 Å². The van der Waals surface area contributed by atoms with E-state index in [-0.39, 0.29) is 28.9 Å². The molecule has 11 heteroatoms. The lowest BCUT2D eigenvalue weighted by Crippen LogP contribution is -2.44. The predicted octanol–water partition coefficient (Wildman–Crippen LogP) is 4.94. The Bertz CT molecular complexity index is 1220. The van der Waals surface area contributed by atoms with Crippen LogP contribution in [0.15, 0.2) is 46.1 Å². The van der Waals surface area contributed by atoms with Crippen LogP contribution in [0.4, 0.5) is 20.3 Å². The molecule has 0 amide bonds. The van der Waals surface area contributed by atoms with Crippen molar-refractivity contribution in [2.24, 2.45) is 5.92 Å². The Morgan fingerprint density at radius 3 is 2.72 bits per heavy atom. The zero-order valence-electron chi connectivity index (χ0n) is 17.1. The maximum atomic E-state index is 14.7. The molecule has 1 saturated heterocycles. The van der Waals surface area contributed by atoms with Crippen molar-refractivity contribution >= 4 is 44.5 Å². The number of sulfonamides is 1. The highest BCUT2D eigenvalue weighted by Crippen LogP contribution is 2.30. The number of thiazole rings is 1. The van der Waals surface area contributed by atoms with Crippen LogP contribution in [0.3, 0.4) is 0 Å². The number of halogens is 3. The second kappa shape index (κ2) is 9.30. The minimum atomic E-state index is -4.21. The van der Waals surface area contributed by atoms with Crippen molar-refractivity contribution in [1.29, 1.82) is 0 Å². The van der Waals surface area contributed by atoms with Gasteiger partial charge in [0.1, 0.15) is 16.5 Å². The molecule has 6 nitrogen and oxygen atoms in total. The van der Waals surface area contributed by atoms with E-state index in [0.717, 1.165) is 30.8 Å². The summed E-state index contributed by atoms with van der Waals surface area (Å²) in [6, 6.07) is 6.93. The molecule has 0 aliphatic carbocycles. The fraction of sp³-hybridized carbons (Fsp3) is 0.286. The van der Waals surface area contributed by atoms with Gasteiger partial charge in [-0.1, -0.05) is 30.7 Å². The zero-order valence-corrected chi connectivity index (χ0v) is 19.5. The quantitative estimate of drug-likeness (QED) is 0.460. The average Bonchev–Trinajstić information content (AvgIpc) is 3.20. The molecule has 0 spiro atoms. The molecule has 0 saturated carbocycles. The van der Waals surface area contributed by atoms with Crippen LogP contribution in [0.2, 0.25) is 5.02 Å². The highest BCUT2D eigenvalue weighted by molar-refractivity contribution is 7.92. The Kier molecular flexibility index (Phi) is 6.66. The van der Waals surface area contributed by atoms with Crippen molar-refractivity contribution in [3.05, 3.63) is 69.0 Å². The summed E-state index contributed by atoms with van der Waals surface area (Å²) in [5.41, 5.74) is 2.93. The van der Waals surface area contributed by atoms with Gasteiger partial charge < -0.3 is 5.32 Å². The van der Waals surface area contributed by atoms with Crippen molar-refractivity contribution < 1.29 is 17.2 Å². The highest BCUT2D eigenvalue weighted by atomic mass is 35.5. The zero-order chi connectivity index (χ0) is 22.9. The Labute approximate surface area is 194 Å². The third-order valence-electron chi connectivity index (χ3n) is 5.19. The number of rotatable bonds is 8. The number of hydrogen-bond acceptors (Lipinski definition) is 6. The lowest BCUT2D eigenvalue weighted by atomic mass is 9.99. The Morgan fingerprint density at radius 2 is 2.03 bits per heavy atom. The smallest absolute Gasteiger partial charge is 0.266 e. The maximum absolute atomic E-state index is 14.7. The number of anilines is 2. The van der Waals surface area contributed by atoms with Crippen LogP contribution in [0.5, 0.6) is 0 Å². The van der Waals surface area contributed by atoms with Gasteiger partial charge in [-0.3, -0.25) is 9.62 Å². The van der Waals surface area contributed by atoms with Gasteiger partial charge in [0.2, 0.25) is 0 Å². The molecule has 170 valence electrons. The van der Waals surface area contributed by atoms with E-state index in [2.05, 4.69) is 26.8 Å². The molecule has 0 bridgehead atoms. The van der Waals surface area contributed by atoms with E-state index in [1.807, 2.05) is 6.07 Å². The number of nitrogens with zero attached hydrogens (tertiary/aromatic N) is 2. The summed E-state index contributed by atoms with van der Waals surface area (Å²) in [5.74, 6) is -0.627. The van der Waals surface area contributed by atoms with Crippen LogP contribution in [0, 0.1) is 17.6 Å². The van der Waals surface area contributed by atoms with Crippen molar-refractivity contribution in [3.8, 4) is 0 Å². The Morgan fingerprint density at radius 1 is 1.25 bits per heavy atom. The lowest BCUT2D eigenvalue weighted by Gasteiger charge is -2.37. The number of aromatic nitrogens is 1. The molecule has 32 heavy (non-hydrogen) atoms. The van der Waals surface area contributed by atoms with E-state index >= 15 is 0 Å². The summed E-state index contributed by atoms with van der Waals surface area (Å²) in [6.45, 7) is 4.79. The minimum absolute atomic E-state index is 0.000454. The molecule has 1 fully saturated rings. The molecule has 0 atom stereocenters. The summed E-state index contributed by atoms with van der Waals surface area (Å²) in [5, 5.41) is 4.42. The third-order valence-corrected chi connectivity index (χ3v) is 7.46. The van der Waals surface area contributed by atoms with Crippen molar-refractivity contribution in [1.82, 2.24) is 9.88 Å². The molecule has 0 radical (unpaired) electrons. The molecule has 2 aromatic carbocycles. The first-order chi connectivity index (χ1) is 15.2. The van der Waals surface area contributed by atoms with Gasteiger partial charge in [0.25, 0.3) is 10.0 Å².